The number of ether oxygens (including phenoxy) is 1. The first-order valence-corrected chi connectivity index (χ1v) is 9.06. The summed E-state index contributed by atoms with van der Waals surface area (Å²) < 4.78 is 7.84. The highest BCUT2D eigenvalue weighted by Gasteiger charge is 2.26. The van der Waals surface area contributed by atoms with Crippen molar-refractivity contribution in [3.05, 3.63) is 34.7 Å². The highest BCUT2D eigenvalue weighted by Crippen LogP contribution is 2.18. The number of carbonyl (C=O) groups is 1. The number of esters is 1. The molecule has 8 heteroatoms. The van der Waals surface area contributed by atoms with E-state index >= 15 is 0 Å². The van der Waals surface area contributed by atoms with Crippen molar-refractivity contribution >= 4 is 33.5 Å². The Balaban J connectivity index is 1.58. The monoisotopic (exact) mass is 407 g/mol. The summed E-state index contributed by atoms with van der Waals surface area (Å²) in [5.41, 5.74) is 1.86. The molecule has 2 aromatic heterocycles. The topological polar surface area (TPSA) is 71.2 Å². The summed E-state index contributed by atoms with van der Waals surface area (Å²) in [4.78, 5) is 22.8. The van der Waals surface area contributed by atoms with Gasteiger partial charge in [0, 0.05) is 37.0 Å². The van der Waals surface area contributed by atoms with E-state index in [0.29, 0.717) is 6.54 Å². The van der Waals surface area contributed by atoms with Crippen LogP contribution in [-0.2, 0) is 16.1 Å². The molecule has 1 aliphatic heterocycles. The van der Waals surface area contributed by atoms with Gasteiger partial charge in [0.2, 0.25) is 0 Å². The summed E-state index contributed by atoms with van der Waals surface area (Å²) >= 11 is 3.46. The fourth-order valence-electron chi connectivity index (χ4n) is 3.10. The van der Waals surface area contributed by atoms with Crippen molar-refractivity contribution in [2.45, 2.75) is 19.4 Å². The summed E-state index contributed by atoms with van der Waals surface area (Å²) in [7, 11) is 3.22. The first-order chi connectivity index (χ1) is 12.1. The number of halogens is 1. The molecule has 0 unspecified atom stereocenters. The third kappa shape index (κ3) is 4.12. The van der Waals surface area contributed by atoms with Crippen molar-refractivity contribution in [2.24, 2.45) is 10.9 Å². The molecule has 1 fully saturated rings. The number of hydrogen-bond donors (Lipinski definition) is 1. The Labute approximate surface area is 155 Å². The van der Waals surface area contributed by atoms with E-state index < -0.39 is 0 Å². The van der Waals surface area contributed by atoms with Gasteiger partial charge in [0.05, 0.1) is 25.3 Å². The predicted molar refractivity (Wildman–Crippen MR) is 99.4 cm³/mol. The number of nitrogens with zero attached hydrogens (tertiary/aromatic N) is 4. The molecular formula is C17H22BrN5O2. The van der Waals surface area contributed by atoms with Crippen LogP contribution in [0.3, 0.4) is 0 Å². The molecule has 1 aliphatic rings. The fraction of sp³-hybridized carbons (Fsp3) is 0.471. The van der Waals surface area contributed by atoms with E-state index in [9.17, 15) is 4.79 Å². The molecule has 7 nitrogen and oxygen atoms in total. The van der Waals surface area contributed by atoms with Crippen molar-refractivity contribution in [3.8, 4) is 0 Å². The van der Waals surface area contributed by atoms with E-state index in [4.69, 9.17) is 4.74 Å². The second kappa shape index (κ2) is 7.86. The molecule has 0 aliphatic carbocycles. The van der Waals surface area contributed by atoms with Crippen LogP contribution in [0.1, 0.15) is 18.5 Å². The summed E-state index contributed by atoms with van der Waals surface area (Å²) in [5.74, 6) is 0.719. The van der Waals surface area contributed by atoms with Gasteiger partial charge in [-0.25, -0.2) is 4.98 Å². The lowest BCUT2D eigenvalue weighted by atomic mass is 9.97. The lowest BCUT2D eigenvalue weighted by Crippen LogP contribution is -2.46. The second-order valence-corrected chi connectivity index (χ2v) is 6.95. The lowest BCUT2D eigenvalue weighted by molar-refractivity contribution is -0.146. The van der Waals surface area contributed by atoms with Crippen LogP contribution in [0.4, 0.5) is 0 Å². The van der Waals surface area contributed by atoms with Crippen molar-refractivity contribution < 1.29 is 9.53 Å². The van der Waals surface area contributed by atoms with E-state index in [1.807, 2.05) is 28.9 Å². The van der Waals surface area contributed by atoms with Crippen molar-refractivity contribution in [1.82, 2.24) is 19.6 Å². The number of methoxy groups -OCH3 is 1. The van der Waals surface area contributed by atoms with Gasteiger partial charge in [-0.05, 0) is 40.9 Å². The Bertz CT molecular complexity index is 780. The molecule has 0 radical (unpaired) electrons. The number of carbonyl (C=O) groups excluding carboxylic acids is 1. The summed E-state index contributed by atoms with van der Waals surface area (Å²) in [5, 5.41) is 3.36. The first-order valence-electron chi connectivity index (χ1n) is 8.27. The van der Waals surface area contributed by atoms with Crippen LogP contribution < -0.4 is 5.32 Å². The Hall–Kier alpha value is -2.09. The van der Waals surface area contributed by atoms with Crippen molar-refractivity contribution in [3.63, 3.8) is 0 Å². The van der Waals surface area contributed by atoms with E-state index in [1.54, 1.807) is 7.05 Å². The lowest BCUT2D eigenvalue weighted by Gasteiger charge is -2.33. The third-order valence-corrected chi connectivity index (χ3v) is 4.90. The number of piperidine rings is 1. The van der Waals surface area contributed by atoms with Gasteiger partial charge < -0.3 is 19.4 Å². The van der Waals surface area contributed by atoms with Gasteiger partial charge in [0.25, 0.3) is 0 Å². The predicted octanol–water partition coefficient (Wildman–Crippen LogP) is 2.06. The zero-order valence-electron chi connectivity index (χ0n) is 14.4. The van der Waals surface area contributed by atoms with Crippen LogP contribution in [-0.4, -0.2) is 53.5 Å². The number of aliphatic imine (C=N–C) groups is 1. The Kier molecular flexibility index (Phi) is 5.57. The molecule has 1 saturated heterocycles. The summed E-state index contributed by atoms with van der Waals surface area (Å²) in [6.07, 6.45) is 5.56. The van der Waals surface area contributed by atoms with Crippen LogP contribution >= 0.6 is 15.9 Å². The van der Waals surface area contributed by atoms with Crippen LogP contribution in [0, 0.1) is 5.92 Å². The molecule has 0 amide bonds. The number of guanidine groups is 1. The molecule has 1 N–H and O–H groups in total. The van der Waals surface area contributed by atoms with E-state index in [0.717, 1.165) is 47.7 Å². The number of pyridine rings is 1. The number of likely N-dealkylation sites (tertiary alicyclic amines) is 1. The average molecular weight is 408 g/mol. The van der Waals surface area contributed by atoms with Gasteiger partial charge in [-0.15, -0.1) is 0 Å². The van der Waals surface area contributed by atoms with Crippen molar-refractivity contribution in [1.29, 1.82) is 0 Å². The maximum Gasteiger partial charge on any atom is 0.308 e. The number of hydrogen-bond acceptors (Lipinski definition) is 4. The maximum atomic E-state index is 11.6. The molecule has 3 heterocycles. The average Bonchev–Trinajstić information content (AvgIpc) is 3.04. The van der Waals surface area contributed by atoms with Gasteiger partial charge in [0.15, 0.2) is 5.96 Å². The van der Waals surface area contributed by atoms with Gasteiger partial charge in [-0.3, -0.25) is 9.79 Å². The van der Waals surface area contributed by atoms with Gasteiger partial charge in [-0.2, -0.15) is 0 Å². The van der Waals surface area contributed by atoms with Crippen molar-refractivity contribution in [2.75, 3.05) is 27.2 Å². The number of aromatic nitrogens is 2. The molecule has 0 spiro atoms. The van der Waals surface area contributed by atoms with E-state index in [-0.39, 0.29) is 11.9 Å². The number of fused-ring (bicyclic) bond motifs is 1. The molecular weight excluding hydrogens is 386 g/mol. The second-order valence-electron chi connectivity index (χ2n) is 6.03. The smallest absolute Gasteiger partial charge is 0.308 e. The Morgan fingerprint density at radius 2 is 2.16 bits per heavy atom. The minimum atomic E-state index is -0.113. The highest BCUT2D eigenvalue weighted by atomic mass is 79.9. The maximum absolute atomic E-state index is 11.6. The van der Waals surface area contributed by atoms with Crippen LogP contribution in [0.2, 0.25) is 0 Å². The Morgan fingerprint density at radius 3 is 2.84 bits per heavy atom. The standard InChI is InChI=1S/C17H22BrN5O2/c1-19-17(22-7-5-12(6-8-22)16(24)25-2)20-9-14-11-23-10-13(18)3-4-15(23)21-14/h3-4,10-12H,5-9H2,1-2H3,(H,19,20). The number of rotatable bonds is 3. The van der Waals surface area contributed by atoms with E-state index in [2.05, 4.69) is 36.1 Å². The largest absolute Gasteiger partial charge is 0.469 e. The molecule has 2 aromatic rings. The third-order valence-electron chi connectivity index (χ3n) is 4.43. The van der Waals surface area contributed by atoms with E-state index in [1.165, 1.54) is 7.11 Å². The van der Waals surface area contributed by atoms with Crippen LogP contribution in [0.25, 0.3) is 5.65 Å². The fourth-order valence-corrected chi connectivity index (χ4v) is 3.45. The molecule has 0 bridgehead atoms. The van der Waals surface area contributed by atoms with Crippen LogP contribution in [0.15, 0.2) is 34.0 Å². The SMILES string of the molecule is CN=C(NCc1cn2cc(Br)ccc2n1)N1CCC(C(=O)OC)CC1. The molecule has 0 saturated carbocycles. The van der Waals surface area contributed by atoms with Gasteiger partial charge in [-0.1, -0.05) is 0 Å². The first kappa shape index (κ1) is 17.7. The zero-order chi connectivity index (χ0) is 17.8. The minimum Gasteiger partial charge on any atom is -0.469 e. The Morgan fingerprint density at radius 1 is 1.40 bits per heavy atom. The van der Waals surface area contributed by atoms with Gasteiger partial charge in [0.1, 0.15) is 5.65 Å². The zero-order valence-corrected chi connectivity index (χ0v) is 16.0. The van der Waals surface area contributed by atoms with Gasteiger partial charge >= 0.3 is 5.97 Å². The number of imidazole rings is 1. The normalized spacial score (nSPS) is 16.3. The number of nitrogens with one attached hydrogen (secondary N) is 1. The minimum absolute atomic E-state index is 0.00348. The molecule has 0 atom stereocenters. The van der Waals surface area contributed by atoms with Crippen LogP contribution in [0.5, 0.6) is 0 Å². The summed E-state index contributed by atoms with van der Waals surface area (Å²) in [6, 6.07) is 3.95. The quantitative estimate of drug-likeness (QED) is 0.478. The molecule has 25 heavy (non-hydrogen) atoms. The molecule has 3 rings (SSSR count). The molecule has 0 aromatic carbocycles. The molecule has 134 valence electrons. The highest BCUT2D eigenvalue weighted by molar-refractivity contribution is 9.10. The summed E-state index contributed by atoms with van der Waals surface area (Å²) in [6.45, 7) is 2.18.